The quantitative estimate of drug-likeness (QED) is 0.720. The second-order valence-corrected chi connectivity index (χ2v) is 6.03. The zero-order valence-electron chi connectivity index (χ0n) is 14.8. The first-order chi connectivity index (χ1) is 12.2. The number of fused-ring (bicyclic) bond motifs is 1. The third kappa shape index (κ3) is 3.71. The molecule has 5 nitrogen and oxygen atoms in total. The van der Waals surface area contributed by atoms with Crippen LogP contribution in [-0.2, 0) is 17.8 Å². The number of aromatic nitrogens is 3. The van der Waals surface area contributed by atoms with E-state index in [1.807, 2.05) is 49.4 Å². The molecule has 0 radical (unpaired) electrons. The number of carbonyl (C=O) groups is 1. The molecule has 0 saturated carbocycles. The lowest BCUT2D eigenvalue weighted by Crippen LogP contribution is -2.31. The van der Waals surface area contributed by atoms with Crippen molar-refractivity contribution in [1.29, 1.82) is 0 Å². The third-order valence-corrected chi connectivity index (χ3v) is 4.47. The highest BCUT2D eigenvalue weighted by Crippen LogP contribution is 2.19. The first kappa shape index (κ1) is 17.1. The molecule has 2 heterocycles. The maximum absolute atomic E-state index is 12.5. The average molecular weight is 336 g/mol. The Morgan fingerprint density at radius 1 is 1.16 bits per heavy atom. The van der Waals surface area contributed by atoms with E-state index in [-0.39, 0.29) is 11.8 Å². The number of nitrogens with zero attached hydrogens (tertiary/aromatic N) is 3. The lowest BCUT2D eigenvalue weighted by molar-refractivity contribution is -0.122. The minimum Gasteiger partial charge on any atom is -0.355 e. The van der Waals surface area contributed by atoms with Gasteiger partial charge in [0.15, 0.2) is 5.65 Å². The van der Waals surface area contributed by atoms with Crippen LogP contribution in [0.5, 0.6) is 0 Å². The average Bonchev–Trinajstić information content (AvgIpc) is 3.00. The van der Waals surface area contributed by atoms with E-state index in [9.17, 15) is 4.79 Å². The van der Waals surface area contributed by atoms with Crippen LogP contribution in [0.25, 0.3) is 11.2 Å². The van der Waals surface area contributed by atoms with Gasteiger partial charge in [0.05, 0.1) is 5.92 Å². The maximum Gasteiger partial charge on any atom is 0.227 e. The molecule has 2 aromatic heterocycles. The molecular weight excluding hydrogens is 312 g/mol. The lowest BCUT2D eigenvalue weighted by Gasteiger charge is -2.15. The van der Waals surface area contributed by atoms with Gasteiger partial charge in [-0.05, 0) is 31.0 Å². The lowest BCUT2D eigenvalue weighted by atomic mass is 9.96. The van der Waals surface area contributed by atoms with Crippen molar-refractivity contribution in [2.24, 2.45) is 0 Å². The van der Waals surface area contributed by atoms with Crippen LogP contribution in [-0.4, -0.2) is 27.0 Å². The van der Waals surface area contributed by atoms with Gasteiger partial charge in [0.25, 0.3) is 0 Å². The molecule has 5 heteroatoms. The topological polar surface area (TPSA) is 59.8 Å². The SMILES string of the molecule is CC[C@H](C(=O)NCCc1nc2cccnc2n1CC)c1ccccc1. The van der Waals surface area contributed by atoms with Crippen LogP contribution in [0.2, 0.25) is 0 Å². The van der Waals surface area contributed by atoms with Crippen LogP contribution in [0.3, 0.4) is 0 Å². The third-order valence-electron chi connectivity index (χ3n) is 4.47. The molecule has 0 aliphatic heterocycles. The van der Waals surface area contributed by atoms with E-state index >= 15 is 0 Å². The molecule has 0 unspecified atom stereocenters. The summed E-state index contributed by atoms with van der Waals surface area (Å²) in [5, 5.41) is 3.06. The van der Waals surface area contributed by atoms with Crippen LogP contribution in [0.4, 0.5) is 0 Å². The van der Waals surface area contributed by atoms with E-state index in [1.54, 1.807) is 6.20 Å². The Bertz CT molecular complexity index is 841. The van der Waals surface area contributed by atoms with Crippen LogP contribution in [0, 0.1) is 0 Å². The van der Waals surface area contributed by atoms with Gasteiger partial charge < -0.3 is 9.88 Å². The summed E-state index contributed by atoms with van der Waals surface area (Å²) in [6, 6.07) is 13.8. The van der Waals surface area contributed by atoms with Crippen molar-refractivity contribution < 1.29 is 4.79 Å². The fourth-order valence-electron chi connectivity index (χ4n) is 3.21. The van der Waals surface area contributed by atoms with E-state index < -0.39 is 0 Å². The Morgan fingerprint density at radius 3 is 2.68 bits per heavy atom. The Morgan fingerprint density at radius 2 is 1.96 bits per heavy atom. The van der Waals surface area contributed by atoms with Crippen molar-refractivity contribution in [3.8, 4) is 0 Å². The van der Waals surface area contributed by atoms with Crippen molar-refractivity contribution >= 4 is 17.1 Å². The summed E-state index contributed by atoms with van der Waals surface area (Å²) >= 11 is 0. The second-order valence-electron chi connectivity index (χ2n) is 6.03. The van der Waals surface area contributed by atoms with E-state index in [0.717, 1.165) is 35.5 Å². The number of rotatable bonds is 7. The van der Waals surface area contributed by atoms with Gasteiger partial charge in [-0.3, -0.25) is 4.79 Å². The Hall–Kier alpha value is -2.69. The largest absolute Gasteiger partial charge is 0.355 e. The molecule has 3 aromatic rings. The molecule has 0 aliphatic carbocycles. The molecule has 130 valence electrons. The van der Waals surface area contributed by atoms with Gasteiger partial charge in [-0.1, -0.05) is 37.3 Å². The predicted octanol–water partition coefficient (Wildman–Crippen LogP) is 3.30. The second kappa shape index (κ2) is 7.92. The van der Waals surface area contributed by atoms with Gasteiger partial charge in [0.1, 0.15) is 11.3 Å². The molecule has 1 N–H and O–H groups in total. The smallest absolute Gasteiger partial charge is 0.227 e. The van der Waals surface area contributed by atoms with E-state index in [0.29, 0.717) is 13.0 Å². The summed E-state index contributed by atoms with van der Waals surface area (Å²) in [5.41, 5.74) is 2.87. The van der Waals surface area contributed by atoms with Crippen LogP contribution in [0.1, 0.15) is 37.6 Å². The fraction of sp³-hybridized carbons (Fsp3) is 0.350. The van der Waals surface area contributed by atoms with Crippen molar-refractivity contribution in [2.75, 3.05) is 6.54 Å². The normalized spacial score (nSPS) is 12.2. The first-order valence-corrected chi connectivity index (χ1v) is 8.87. The molecular formula is C20H24N4O. The molecule has 0 saturated heterocycles. The molecule has 0 spiro atoms. The molecule has 1 amide bonds. The van der Waals surface area contributed by atoms with Crippen LogP contribution in [0.15, 0.2) is 48.7 Å². The zero-order valence-corrected chi connectivity index (χ0v) is 14.8. The van der Waals surface area contributed by atoms with Gasteiger partial charge in [-0.2, -0.15) is 0 Å². The minimum atomic E-state index is -0.104. The summed E-state index contributed by atoms with van der Waals surface area (Å²) in [4.78, 5) is 21.6. The summed E-state index contributed by atoms with van der Waals surface area (Å²) in [5.74, 6) is 0.933. The Kier molecular flexibility index (Phi) is 5.43. The van der Waals surface area contributed by atoms with Crippen molar-refractivity contribution in [3.63, 3.8) is 0 Å². The monoisotopic (exact) mass is 336 g/mol. The van der Waals surface area contributed by atoms with Crippen LogP contribution < -0.4 is 5.32 Å². The number of benzene rings is 1. The molecule has 25 heavy (non-hydrogen) atoms. The summed E-state index contributed by atoms with van der Waals surface area (Å²) in [6.07, 6.45) is 3.27. The minimum absolute atomic E-state index is 0.0750. The Balaban J connectivity index is 1.65. The zero-order chi connectivity index (χ0) is 17.6. The number of hydrogen-bond acceptors (Lipinski definition) is 3. The number of amides is 1. The summed E-state index contributed by atoms with van der Waals surface area (Å²) in [6.45, 7) is 5.52. The van der Waals surface area contributed by atoms with E-state index in [4.69, 9.17) is 0 Å². The highest BCUT2D eigenvalue weighted by atomic mass is 16.1. The molecule has 0 aliphatic rings. The number of carbonyl (C=O) groups excluding carboxylic acids is 1. The van der Waals surface area contributed by atoms with Crippen molar-refractivity contribution in [3.05, 3.63) is 60.0 Å². The van der Waals surface area contributed by atoms with Crippen molar-refractivity contribution in [1.82, 2.24) is 19.9 Å². The van der Waals surface area contributed by atoms with Crippen LogP contribution >= 0.6 is 0 Å². The van der Waals surface area contributed by atoms with Gasteiger partial charge >= 0.3 is 0 Å². The van der Waals surface area contributed by atoms with Gasteiger partial charge in [-0.25, -0.2) is 9.97 Å². The number of nitrogens with one attached hydrogen (secondary N) is 1. The highest BCUT2D eigenvalue weighted by molar-refractivity contribution is 5.83. The Labute approximate surface area is 148 Å². The molecule has 3 rings (SSSR count). The van der Waals surface area contributed by atoms with Crippen molar-refractivity contribution in [2.45, 2.75) is 39.2 Å². The standard InChI is InChI=1S/C20H24N4O/c1-3-16(15-9-6-5-7-10-15)20(25)22-14-12-18-23-17-11-8-13-21-19(17)24(18)4-2/h5-11,13,16H,3-4,12,14H2,1-2H3,(H,22,25)/t16-/m0/s1. The summed E-state index contributed by atoms with van der Waals surface area (Å²) in [7, 11) is 0. The molecule has 1 aromatic carbocycles. The highest BCUT2D eigenvalue weighted by Gasteiger charge is 2.18. The summed E-state index contributed by atoms with van der Waals surface area (Å²) < 4.78 is 2.11. The predicted molar refractivity (Wildman–Crippen MR) is 99.4 cm³/mol. The number of imidazole rings is 1. The van der Waals surface area contributed by atoms with Gasteiger partial charge in [-0.15, -0.1) is 0 Å². The van der Waals surface area contributed by atoms with E-state index in [2.05, 4.69) is 26.8 Å². The number of aryl methyl sites for hydroxylation is 1. The molecule has 1 atom stereocenters. The van der Waals surface area contributed by atoms with E-state index in [1.165, 1.54) is 0 Å². The van der Waals surface area contributed by atoms with Gasteiger partial charge in [0.2, 0.25) is 5.91 Å². The number of pyridine rings is 1. The maximum atomic E-state index is 12.5. The molecule has 0 fully saturated rings. The fourth-order valence-corrected chi connectivity index (χ4v) is 3.21. The first-order valence-electron chi connectivity index (χ1n) is 8.87. The van der Waals surface area contributed by atoms with Gasteiger partial charge in [0, 0.05) is 25.7 Å². The molecule has 0 bridgehead atoms. The number of hydrogen-bond donors (Lipinski definition) is 1.